The van der Waals surface area contributed by atoms with E-state index in [0.29, 0.717) is 5.92 Å². The van der Waals surface area contributed by atoms with Crippen LogP contribution >= 0.6 is 0 Å². The van der Waals surface area contributed by atoms with Crippen LogP contribution < -0.4 is 0 Å². The van der Waals surface area contributed by atoms with Crippen molar-refractivity contribution in [3.63, 3.8) is 0 Å². The standard InChI is InChI=1S/C17H23N/c18-12-15-5-9-17(10-6-15)16-7-3-14(4-8-16)11-13-1-2-13/h5-6,9,13-14,16-17H,1-4,7-8,10-11H2. The second-order valence-electron chi connectivity index (χ2n) is 6.49. The molecule has 1 atom stereocenters. The van der Waals surface area contributed by atoms with Gasteiger partial charge in [0, 0.05) is 5.57 Å². The first-order chi connectivity index (χ1) is 8.85. The monoisotopic (exact) mass is 241 g/mol. The molecular formula is C17H23N. The van der Waals surface area contributed by atoms with Gasteiger partial charge in [-0.2, -0.15) is 5.26 Å². The van der Waals surface area contributed by atoms with Crippen molar-refractivity contribution in [1.29, 1.82) is 5.26 Å². The Balaban J connectivity index is 1.47. The van der Waals surface area contributed by atoms with Crippen LogP contribution in [0.15, 0.2) is 23.8 Å². The van der Waals surface area contributed by atoms with Crippen LogP contribution in [0.3, 0.4) is 0 Å². The van der Waals surface area contributed by atoms with Crippen molar-refractivity contribution >= 4 is 0 Å². The molecule has 2 saturated carbocycles. The summed E-state index contributed by atoms with van der Waals surface area (Å²) in [4.78, 5) is 0. The van der Waals surface area contributed by atoms with Crippen molar-refractivity contribution in [2.45, 2.75) is 51.4 Å². The summed E-state index contributed by atoms with van der Waals surface area (Å²) in [7, 11) is 0. The lowest BCUT2D eigenvalue weighted by atomic mass is 9.72. The van der Waals surface area contributed by atoms with Crippen LogP contribution in [0.25, 0.3) is 0 Å². The van der Waals surface area contributed by atoms with Crippen LogP contribution in [-0.4, -0.2) is 0 Å². The molecule has 2 fully saturated rings. The zero-order valence-electron chi connectivity index (χ0n) is 11.1. The van der Waals surface area contributed by atoms with Gasteiger partial charge in [0.15, 0.2) is 0 Å². The largest absolute Gasteiger partial charge is 0.192 e. The number of nitriles is 1. The molecular weight excluding hydrogens is 218 g/mol. The molecule has 3 rings (SSSR count). The fourth-order valence-electron chi connectivity index (χ4n) is 3.75. The molecule has 1 nitrogen and oxygen atoms in total. The van der Waals surface area contributed by atoms with E-state index in [1.54, 1.807) is 0 Å². The number of allylic oxidation sites excluding steroid dienone is 4. The molecule has 0 aromatic heterocycles. The maximum atomic E-state index is 8.84. The molecule has 0 N–H and O–H groups in total. The zero-order valence-corrected chi connectivity index (χ0v) is 11.1. The number of hydrogen-bond acceptors (Lipinski definition) is 1. The van der Waals surface area contributed by atoms with E-state index in [0.717, 1.165) is 29.7 Å². The number of rotatable bonds is 3. The second kappa shape index (κ2) is 5.31. The molecule has 3 aliphatic rings. The Hall–Kier alpha value is -1.03. The molecule has 0 saturated heterocycles. The third-order valence-corrected chi connectivity index (χ3v) is 5.12. The highest BCUT2D eigenvalue weighted by Crippen LogP contribution is 2.43. The number of hydrogen-bond donors (Lipinski definition) is 0. The van der Waals surface area contributed by atoms with E-state index in [1.807, 2.05) is 6.08 Å². The van der Waals surface area contributed by atoms with Crippen molar-refractivity contribution < 1.29 is 0 Å². The van der Waals surface area contributed by atoms with Gasteiger partial charge in [0.25, 0.3) is 0 Å². The fourth-order valence-corrected chi connectivity index (χ4v) is 3.75. The topological polar surface area (TPSA) is 23.8 Å². The molecule has 0 aromatic carbocycles. The first-order valence-corrected chi connectivity index (χ1v) is 7.63. The molecule has 18 heavy (non-hydrogen) atoms. The molecule has 1 heteroatoms. The van der Waals surface area contributed by atoms with Crippen molar-refractivity contribution in [3.05, 3.63) is 23.8 Å². The molecule has 96 valence electrons. The van der Waals surface area contributed by atoms with E-state index >= 15 is 0 Å². The predicted octanol–water partition coefficient (Wildman–Crippen LogP) is 4.62. The van der Waals surface area contributed by atoms with Gasteiger partial charge in [0.1, 0.15) is 0 Å². The molecule has 0 heterocycles. The quantitative estimate of drug-likeness (QED) is 0.707. The van der Waals surface area contributed by atoms with Crippen LogP contribution in [0.5, 0.6) is 0 Å². The Bertz CT molecular complexity index is 386. The Morgan fingerprint density at radius 3 is 2.22 bits per heavy atom. The van der Waals surface area contributed by atoms with Gasteiger partial charge in [-0.25, -0.2) is 0 Å². The third-order valence-electron chi connectivity index (χ3n) is 5.12. The summed E-state index contributed by atoms with van der Waals surface area (Å²) >= 11 is 0. The SMILES string of the molecule is N#CC1=CCC(C2CCC(CC3CC3)CC2)C=C1. The molecule has 0 aliphatic heterocycles. The van der Waals surface area contributed by atoms with Crippen LogP contribution in [0, 0.1) is 35.0 Å². The first kappa shape index (κ1) is 12.0. The van der Waals surface area contributed by atoms with Crippen molar-refractivity contribution in [1.82, 2.24) is 0 Å². The Labute approximate surface area is 111 Å². The summed E-state index contributed by atoms with van der Waals surface area (Å²) in [5, 5.41) is 8.84. The van der Waals surface area contributed by atoms with E-state index in [2.05, 4.69) is 18.2 Å². The average Bonchev–Trinajstić information content (AvgIpc) is 3.24. The second-order valence-corrected chi connectivity index (χ2v) is 6.49. The first-order valence-electron chi connectivity index (χ1n) is 7.63. The van der Waals surface area contributed by atoms with E-state index < -0.39 is 0 Å². The number of nitrogens with zero attached hydrogens (tertiary/aromatic N) is 1. The summed E-state index contributed by atoms with van der Waals surface area (Å²) in [6.45, 7) is 0. The smallest absolute Gasteiger partial charge is 0.0988 e. The average molecular weight is 241 g/mol. The summed E-state index contributed by atoms with van der Waals surface area (Å²) in [6, 6.07) is 2.24. The minimum absolute atomic E-state index is 0.712. The lowest BCUT2D eigenvalue weighted by molar-refractivity contribution is 0.216. The van der Waals surface area contributed by atoms with Crippen LogP contribution in [0.1, 0.15) is 51.4 Å². The Kier molecular flexibility index (Phi) is 3.55. The third kappa shape index (κ3) is 2.86. The van der Waals surface area contributed by atoms with E-state index in [4.69, 9.17) is 5.26 Å². The highest BCUT2D eigenvalue weighted by molar-refractivity contribution is 5.35. The Morgan fingerprint density at radius 2 is 1.72 bits per heavy atom. The zero-order chi connectivity index (χ0) is 12.4. The predicted molar refractivity (Wildman–Crippen MR) is 73.7 cm³/mol. The van der Waals surface area contributed by atoms with Gasteiger partial charge in [-0.1, -0.05) is 37.8 Å². The minimum Gasteiger partial charge on any atom is -0.192 e. The van der Waals surface area contributed by atoms with Gasteiger partial charge in [-0.05, 0) is 55.4 Å². The normalized spacial score (nSPS) is 35.9. The molecule has 1 unspecified atom stereocenters. The highest BCUT2D eigenvalue weighted by atomic mass is 14.4. The van der Waals surface area contributed by atoms with Gasteiger partial charge in [0.05, 0.1) is 6.07 Å². The van der Waals surface area contributed by atoms with Crippen LogP contribution in [0.4, 0.5) is 0 Å². The molecule has 3 aliphatic carbocycles. The highest BCUT2D eigenvalue weighted by Gasteiger charge is 2.30. The van der Waals surface area contributed by atoms with Gasteiger partial charge >= 0.3 is 0 Å². The minimum atomic E-state index is 0.712. The van der Waals surface area contributed by atoms with Gasteiger partial charge in [-0.15, -0.1) is 0 Å². The lowest BCUT2D eigenvalue weighted by Crippen LogP contribution is -2.21. The van der Waals surface area contributed by atoms with Crippen LogP contribution in [0.2, 0.25) is 0 Å². The van der Waals surface area contributed by atoms with E-state index in [1.165, 1.54) is 44.9 Å². The molecule has 0 spiro atoms. The fraction of sp³-hybridized carbons (Fsp3) is 0.706. The molecule has 0 aromatic rings. The van der Waals surface area contributed by atoms with E-state index in [9.17, 15) is 0 Å². The maximum absolute atomic E-state index is 8.84. The lowest BCUT2D eigenvalue weighted by Gasteiger charge is -2.33. The summed E-state index contributed by atoms with van der Waals surface area (Å²) < 4.78 is 0. The van der Waals surface area contributed by atoms with Crippen molar-refractivity contribution in [3.8, 4) is 6.07 Å². The molecule has 0 bridgehead atoms. The summed E-state index contributed by atoms with van der Waals surface area (Å²) in [5.74, 6) is 3.73. The van der Waals surface area contributed by atoms with Gasteiger partial charge < -0.3 is 0 Å². The summed E-state index contributed by atoms with van der Waals surface area (Å²) in [5.41, 5.74) is 0.855. The van der Waals surface area contributed by atoms with Crippen LogP contribution in [-0.2, 0) is 0 Å². The van der Waals surface area contributed by atoms with E-state index in [-0.39, 0.29) is 0 Å². The maximum Gasteiger partial charge on any atom is 0.0988 e. The van der Waals surface area contributed by atoms with Crippen molar-refractivity contribution in [2.75, 3.05) is 0 Å². The van der Waals surface area contributed by atoms with Gasteiger partial charge in [0.2, 0.25) is 0 Å². The Morgan fingerprint density at radius 1 is 1.06 bits per heavy atom. The molecule has 0 radical (unpaired) electrons. The molecule has 0 amide bonds. The summed E-state index contributed by atoms with van der Waals surface area (Å²) in [6.07, 6.45) is 17.8. The van der Waals surface area contributed by atoms with Gasteiger partial charge in [-0.3, -0.25) is 0 Å². The van der Waals surface area contributed by atoms with Crippen molar-refractivity contribution in [2.24, 2.45) is 23.7 Å².